The number of alkyl halides is 6. The molecule has 48 heavy (non-hydrogen) atoms. The first-order valence-electron chi connectivity index (χ1n) is 15.1. The Morgan fingerprint density at radius 2 is 1.60 bits per heavy atom. The third-order valence-corrected chi connectivity index (χ3v) is 9.22. The third-order valence-electron chi connectivity index (χ3n) is 8.21. The summed E-state index contributed by atoms with van der Waals surface area (Å²) in [5, 5.41) is 10.2. The van der Waals surface area contributed by atoms with Crippen LogP contribution in [0.4, 0.5) is 30.7 Å². The van der Waals surface area contributed by atoms with Crippen LogP contribution >= 0.6 is 11.3 Å². The molecule has 0 fully saturated rings. The minimum absolute atomic E-state index is 0. The molecule has 0 saturated heterocycles. The molecular weight excluding hydrogens is 840 g/mol. The number of nitrogens with zero attached hydrogens (tertiary/aromatic N) is 1. The summed E-state index contributed by atoms with van der Waals surface area (Å²) in [4.78, 5) is 15.7. The largest absolute Gasteiger partial charge is 0.512 e. The summed E-state index contributed by atoms with van der Waals surface area (Å²) in [6.45, 7) is 9.53. The number of aromatic nitrogens is 1. The number of aryl methyl sites for hydroxylation is 1. The molecule has 0 saturated carbocycles. The van der Waals surface area contributed by atoms with Gasteiger partial charge in [-0.05, 0) is 55.7 Å². The second kappa shape index (κ2) is 15.5. The van der Waals surface area contributed by atoms with Gasteiger partial charge in [0.2, 0.25) is 0 Å². The molecule has 5 aromatic rings. The Balaban J connectivity index is 0.000000334. The van der Waals surface area contributed by atoms with Crippen molar-refractivity contribution in [3.8, 4) is 11.3 Å². The van der Waals surface area contributed by atoms with E-state index in [1.807, 2.05) is 27.7 Å². The molecule has 0 aliphatic heterocycles. The predicted octanol–water partition coefficient (Wildman–Crippen LogP) is 12.0. The molecule has 0 aliphatic rings. The molecule has 3 heterocycles. The number of aliphatic hydroxyl groups excluding tert-OH is 1. The Bertz CT molecular complexity index is 1930. The number of carbonyl (C=O) groups is 1. The van der Waals surface area contributed by atoms with E-state index >= 15 is 0 Å². The van der Waals surface area contributed by atoms with Gasteiger partial charge in [-0.3, -0.25) is 4.79 Å². The normalized spacial score (nSPS) is 12.6. The summed E-state index contributed by atoms with van der Waals surface area (Å²) in [5.41, 5.74) is -3.00. The zero-order valence-corrected chi connectivity index (χ0v) is 29.8. The fourth-order valence-electron chi connectivity index (χ4n) is 5.45. The molecule has 0 amide bonds. The van der Waals surface area contributed by atoms with E-state index in [0.29, 0.717) is 11.3 Å². The summed E-state index contributed by atoms with van der Waals surface area (Å²) < 4.78 is 102. The van der Waals surface area contributed by atoms with Crippen molar-refractivity contribution in [1.29, 1.82) is 0 Å². The van der Waals surface area contributed by atoms with Gasteiger partial charge in [-0.2, -0.15) is 37.7 Å². The van der Waals surface area contributed by atoms with Crippen molar-refractivity contribution in [3.05, 3.63) is 76.3 Å². The van der Waals surface area contributed by atoms with Crippen molar-refractivity contribution >= 4 is 49.1 Å². The number of fused-ring (bicyclic) bond motifs is 4. The summed E-state index contributed by atoms with van der Waals surface area (Å²) in [7, 11) is 0. The molecule has 2 aromatic carbocycles. The van der Waals surface area contributed by atoms with Gasteiger partial charge in [0.15, 0.2) is 5.78 Å². The average Bonchev–Trinajstić information content (AvgIpc) is 3.62. The fraction of sp³-hybridized carbons (Fsp3) is 0.371. The Morgan fingerprint density at radius 3 is 2.17 bits per heavy atom. The predicted molar refractivity (Wildman–Crippen MR) is 170 cm³/mol. The van der Waals surface area contributed by atoms with Crippen LogP contribution < -0.4 is 0 Å². The smallest absolute Gasteiger partial charge is 0.417 e. The number of pyridine rings is 1. The van der Waals surface area contributed by atoms with Crippen LogP contribution in [-0.2, 0) is 37.3 Å². The average molecular weight is 873 g/mol. The van der Waals surface area contributed by atoms with Gasteiger partial charge in [-0.15, -0.1) is 17.7 Å². The van der Waals surface area contributed by atoms with Gasteiger partial charge in [0.1, 0.15) is 11.4 Å². The number of hydrogen-bond acceptors (Lipinski definition) is 5. The topological polar surface area (TPSA) is 63.3 Å². The minimum atomic E-state index is -4.91. The van der Waals surface area contributed by atoms with Crippen molar-refractivity contribution in [2.45, 2.75) is 72.7 Å². The van der Waals surface area contributed by atoms with E-state index in [2.05, 4.69) is 11.1 Å². The van der Waals surface area contributed by atoms with Crippen molar-refractivity contribution in [2.24, 2.45) is 11.8 Å². The number of aliphatic hydroxyl groups is 1. The van der Waals surface area contributed by atoms with E-state index in [4.69, 9.17) is 4.42 Å². The van der Waals surface area contributed by atoms with E-state index in [1.165, 1.54) is 31.2 Å². The van der Waals surface area contributed by atoms with Crippen LogP contribution in [0.15, 0.2) is 52.1 Å². The van der Waals surface area contributed by atoms with Crippen LogP contribution in [0.2, 0.25) is 0 Å². The van der Waals surface area contributed by atoms with Gasteiger partial charge in [0.25, 0.3) is 0 Å². The molecule has 0 unspecified atom stereocenters. The Kier molecular flexibility index (Phi) is 12.7. The molecule has 0 aliphatic carbocycles. The molecule has 5 rings (SSSR count). The van der Waals surface area contributed by atoms with E-state index in [9.17, 15) is 40.6 Å². The molecule has 0 spiro atoms. The summed E-state index contributed by atoms with van der Waals surface area (Å²) in [5.74, 6) is -0.195. The van der Waals surface area contributed by atoms with Crippen molar-refractivity contribution in [1.82, 2.24) is 4.98 Å². The third kappa shape index (κ3) is 7.95. The van der Waals surface area contributed by atoms with Crippen molar-refractivity contribution in [2.75, 3.05) is 0 Å². The van der Waals surface area contributed by atoms with Gasteiger partial charge in [0.05, 0.1) is 16.9 Å². The quantitative estimate of drug-likeness (QED) is 0.0730. The molecule has 1 radical (unpaired) electrons. The molecule has 0 bridgehead atoms. The zero-order chi connectivity index (χ0) is 34.8. The van der Waals surface area contributed by atoms with E-state index in [1.54, 1.807) is 0 Å². The Hall–Kier alpha value is -3.28. The molecule has 0 atom stereocenters. The molecular formula is C35H33F7IrNO3S-. The van der Waals surface area contributed by atoms with Gasteiger partial charge in [0, 0.05) is 70.9 Å². The monoisotopic (exact) mass is 873 g/mol. The van der Waals surface area contributed by atoms with Crippen LogP contribution in [0.25, 0.3) is 43.3 Å². The molecule has 13 heteroatoms. The SMILES string of the molecule is CCC(CC)C(=O)/C=C(\O)C(CC)CC.Cc1ccc2oc3c(C(F)(F)F)[c-]c(-c4nccc5c(C(F)(F)F)csc45)cc3c2c1F.[Ir]. The van der Waals surface area contributed by atoms with Crippen LogP contribution in [0.3, 0.4) is 0 Å². The minimum Gasteiger partial charge on any atom is -0.512 e. The first-order valence-corrected chi connectivity index (χ1v) is 16.0. The summed E-state index contributed by atoms with van der Waals surface area (Å²) in [6, 6.07) is 7.31. The van der Waals surface area contributed by atoms with E-state index in [0.717, 1.165) is 43.3 Å². The van der Waals surface area contributed by atoms with Crippen LogP contribution in [0, 0.1) is 30.6 Å². The van der Waals surface area contributed by atoms with Crippen molar-refractivity contribution < 1.29 is 65.2 Å². The first kappa shape index (κ1) is 39.2. The number of carbonyl (C=O) groups excluding carboxylic acids is 1. The van der Waals surface area contributed by atoms with Gasteiger partial charge in [-0.1, -0.05) is 39.1 Å². The zero-order valence-electron chi connectivity index (χ0n) is 26.6. The molecule has 1 N–H and O–H groups in total. The van der Waals surface area contributed by atoms with Crippen LogP contribution in [0.1, 0.15) is 70.1 Å². The first-order chi connectivity index (χ1) is 22.1. The second-order valence-corrected chi connectivity index (χ2v) is 12.0. The van der Waals surface area contributed by atoms with E-state index < -0.39 is 34.9 Å². The van der Waals surface area contributed by atoms with Gasteiger partial charge in [-0.25, -0.2) is 4.39 Å². The number of halogens is 7. The van der Waals surface area contributed by atoms with Crippen LogP contribution in [0.5, 0.6) is 0 Å². The maximum absolute atomic E-state index is 14.8. The number of hydrogen-bond donors (Lipinski definition) is 1. The summed E-state index contributed by atoms with van der Waals surface area (Å²) >= 11 is 0.711. The van der Waals surface area contributed by atoms with E-state index in [-0.39, 0.29) is 86.7 Å². The maximum Gasteiger partial charge on any atom is 0.417 e. The number of furan rings is 1. The fourth-order valence-corrected chi connectivity index (χ4v) is 6.53. The maximum atomic E-state index is 14.8. The van der Waals surface area contributed by atoms with Gasteiger partial charge < -0.3 is 14.5 Å². The number of rotatable bonds is 8. The second-order valence-electron chi connectivity index (χ2n) is 11.2. The number of benzene rings is 2. The van der Waals surface area contributed by atoms with Gasteiger partial charge >= 0.3 is 12.4 Å². The van der Waals surface area contributed by atoms with Crippen molar-refractivity contribution in [3.63, 3.8) is 0 Å². The number of thiophene rings is 1. The molecule has 261 valence electrons. The molecule has 3 aromatic heterocycles. The van der Waals surface area contributed by atoms with Crippen LogP contribution in [-0.4, -0.2) is 15.9 Å². The molecule has 4 nitrogen and oxygen atoms in total. The Morgan fingerprint density at radius 1 is 0.979 bits per heavy atom. The standard InChI is InChI=1S/C22H9F7NOS.C13H24O2.Ir/c1-9-2-3-15-16(17(9)23)12-6-10(7-13(19(12)31-15)21(24,25)26)18-20-11(4-5-30-18)14(8-32-20)22(27,28)29;1-5-10(6-2)12(14)9-13(15)11(7-3)8-4;/h2-6,8H,1H3;9-11,14H,5-8H2,1-4H3;/q-1;;/b;12-9-;. The Labute approximate surface area is 290 Å². The number of ketones is 1. The summed E-state index contributed by atoms with van der Waals surface area (Å²) in [6.07, 6.45) is -3.55. The number of allylic oxidation sites excluding steroid dienone is 2.